The monoisotopic (exact) mass is 418 g/mol. The van der Waals surface area contributed by atoms with E-state index in [4.69, 9.17) is 4.74 Å². The number of benzene rings is 2. The quantitative estimate of drug-likeness (QED) is 0.647. The number of amides is 1. The summed E-state index contributed by atoms with van der Waals surface area (Å²) in [5.41, 5.74) is 1.40. The molecule has 0 fully saturated rings. The van der Waals surface area contributed by atoms with Crippen molar-refractivity contribution in [2.45, 2.75) is 4.90 Å². The van der Waals surface area contributed by atoms with Crippen LogP contribution < -0.4 is 15.7 Å². The Hall–Kier alpha value is -3.11. The van der Waals surface area contributed by atoms with Gasteiger partial charge in [-0.15, -0.1) is 0 Å². The van der Waals surface area contributed by atoms with Gasteiger partial charge < -0.3 is 10.1 Å². The van der Waals surface area contributed by atoms with Gasteiger partial charge in [-0.05, 0) is 42.5 Å². The van der Waals surface area contributed by atoms with Gasteiger partial charge in [-0.2, -0.15) is 4.31 Å². The highest BCUT2D eigenvalue weighted by molar-refractivity contribution is 7.89. The molecular weight excluding hydrogens is 396 g/mol. The molecule has 0 atom stereocenters. The fourth-order valence-electron chi connectivity index (χ4n) is 2.99. The lowest BCUT2D eigenvalue weighted by Gasteiger charge is -2.17. The summed E-state index contributed by atoms with van der Waals surface area (Å²) in [6.45, 7) is -0.361. The second-order valence-corrected chi connectivity index (χ2v) is 8.63. The molecular formula is C19H22N4O5S. The summed E-state index contributed by atoms with van der Waals surface area (Å²) in [5.74, 6) is 0.169. The second kappa shape index (κ2) is 7.72. The van der Waals surface area contributed by atoms with Crippen molar-refractivity contribution in [2.75, 3.05) is 26.0 Å². The van der Waals surface area contributed by atoms with Crippen LogP contribution in [0.2, 0.25) is 0 Å². The lowest BCUT2D eigenvalue weighted by atomic mass is 10.3. The number of nitrogens with zero attached hydrogens (tertiary/aromatic N) is 3. The van der Waals surface area contributed by atoms with Crippen LogP contribution in [-0.4, -0.2) is 48.5 Å². The van der Waals surface area contributed by atoms with Crippen LogP contribution in [0.15, 0.2) is 52.2 Å². The SMILES string of the molecule is COc1ccc(NC(=O)CN(C)S(=O)(=O)c2ccc3c(c2)n(C)c(=O)n3C)cc1. The number of aryl methyl sites for hydroxylation is 2. The third-order valence-corrected chi connectivity index (χ3v) is 6.49. The van der Waals surface area contributed by atoms with Gasteiger partial charge in [0, 0.05) is 26.8 Å². The molecule has 0 aliphatic rings. The van der Waals surface area contributed by atoms with Crippen LogP contribution in [0.1, 0.15) is 0 Å². The Balaban J connectivity index is 1.79. The van der Waals surface area contributed by atoms with Gasteiger partial charge in [-0.25, -0.2) is 13.2 Å². The fourth-order valence-corrected chi connectivity index (χ4v) is 4.14. The second-order valence-electron chi connectivity index (χ2n) is 6.59. The number of ether oxygens (including phenoxy) is 1. The summed E-state index contributed by atoms with van der Waals surface area (Å²) in [5, 5.41) is 2.65. The molecule has 10 heteroatoms. The first-order valence-electron chi connectivity index (χ1n) is 8.71. The van der Waals surface area contributed by atoms with Crippen molar-refractivity contribution in [3.63, 3.8) is 0 Å². The molecule has 154 valence electrons. The highest BCUT2D eigenvalue weighted by Crippen LogP contribution is 2.21. The Kier molecular flexibility index (Phi) is 5.49. The van der Waals surface area contributed by atoms with Crippen molar-refractivity contribution in [3.8, 4) is 5.75 Å². The molecule has 29 heavy (non-hydrogen) atoms. The third kappa shape index (κ3) is 3.89. The molecule has 0 saturated heterocycles. The molecule has 0 aliphatic heterocycles. The Labute approximate surface area is 168 Å². The molecule has 1 N–H and O–H groups in total. The van der Waals surface area contributed by atoms with Crippen molar-refractivity contribution in [1.82, 2.24) is 13.4 Å². The van der Waals surface area contributed by atoms with Crippen LogP contribution in [0, 0.1) is 0 Å². The molecule has 1 amide bonds. The van der Waals surface area contributed by atoms with Gasteiger partial charge >= 0.3 is 5.69 Å². The van der Waals surface area contributed by atoms with Crippen LogP contribution in [0.5, 0.6) is 5.75 Å². The van der Waals surface area contributed by atoms with Gasteiger partial charge in [-0.1, -0.05) is 0 Å². The van der Waals surface area contributed by atoms with E-state index in [1.165, 1.54) is 35.4 Å². The number of sulfonamides is 1. The smallest absolute Gasteiger partial charge is 0.328 e. The van der Waals surface area contributed by atoms with Crippen molar-refractivity contribution in [1.29, 1.82) is 0 Å². The number of fused-ring (bicyclic) bond motifs is 1. The third-order valence-electron chi connectivity index (χ3n) is 4.69. The van der Waals surface area contributed by atoms with E-state index in [0.717, 1.165) is 4.31 Å². The van der Waals surface area contributed by atoms with Crippen LogP contribution in [0.3, 0.4) is 0 Å². The largest absolute Gasteiger partial charge is 0.497 e. The molecule has 0 bridgehead atoms. The number of likely N-dealkylation sites (N-methyl/N-ethyl adjacent to an activating group) is 1. The Bertz CT molecular complexity index is 1230. The maximum Gasteiger partial charge on any atom is 0.328 e. The lowest BCUT2D eigenvalue weighted by molar-refractivity contribution is -0.116. The van der Waals surface area contributed by atoms with E-state index < -0.39 is 15.9 Å². The number of anilines is 1. The molecule has 3 aromatic rings. The van der Waals surface area contributed by atoms with Crippen molar-refractivity contribution < 1.29 is 17.9 Å². The predicted octanol–water partition coefficient (Wildman–Crippen LogP) is 1.14. The highest BCUT2D eigenvalue weighted by atomic mass is 32.2. The van der Waals surface area contributed by atoms with Crippen LogP contribution in [0.4, 0.5) is 5.69 Å². The molecule has 1 heterocycles. The fraction of sp³-hybridized carbons (Fsp3) is 0.263. The number of hydrogen-bond donors (Lipinski definition) is 1. The van der Waals surface area contributed by atoms with E-state index in [9.17, 15) is 18.0 Å². The van der Waals surface area contributed by atoms with Crippen LogP contribution in [0.25, 0.3) is 11.0 Å². The van der Waals surface area contributed by atoms with Crippen molar-refractivity contribution >= 4 is 32.7 Å². The molecule has 9 nitrogen and oxygen atoms in total. The zero-order chi connectivity index (χ0) is 21.3. The number of carbonyl (C=O) groups excluding carboxylic acids is 1. The van der Waals surface area contributed by atoms with Gasteiger partial charge in [0.2, 0.25) is 15.9 Å². The molecule has 1 aromatic heterocycles. The van der Waals surface area contributed by atoms with E-state index in [0.29, 0.717) is 22.5 Å². The highest BCUT2D eigenvalue weighted by Gasteiger charge is 2.24. The first-order chi connectivity index (χ1) is 13.6. The summed E-state index contributed by atoms with van der Waals surface area (Å²) in [4.78, 5) is 24.3. The zero-order valence-electron chi connectivity index (χ0n) is 16.5. The normalized spacial score (nSPS) is 11.8. The van der Waals surface area contributed by atoms with Gasteiger partial charge in [0.15, 0.2) is 0 Å². The summed E-state index contributed by atoms with van der Waals surface area (Å²) in [7, 11) is 2.15. The van der Waals surface area contributed by atoms with Crippen LogP contribution >= 0.6 is 0 Å². The minimum Gasteiger partial charge on any atom is -0.497 e. The van der Waals surface area contributed by atoms with Gasteiger partial charge in [0.05, 0.1) is 29.6 Å². The average Bonchev–Trinajstić information content (AvgIpc) is 2.92. The van der Waals surface area contributed by atoms with E-state index >= 15 is 0 Å². The predicted molar refractivity (Wildman–Crippen MR) is 110 cm³/mol. The minimum atomic E-state index is -3.92. The van der Waals surface area contributed by atoms with Crippen molar-refractivity contribution in [3.05, 3.63) is 52.9 Å². The topological polar surface area (TPSA) is 103 Å². The molecule has 0 radical (unpaired) electrons. The van der Waals surface area contributed by atoms with E-state index in [1.54, 1.807) is 44.4 Å². The number of carbonyl (C=O) groups is 1. The molecule has 0 spiro atoms. The number of nitrogens with one attached hydrogen (secondary N) is 1. The van der Waals surface area contributed by atoms with Crippen LogP contribution in [-0.2, 0) is 28.9 Å². The Morgan fingerprint density at radius 2 is 1.69 bits per heavy atom. The standard InChI is InChI=1S/C19H22N4O5S/c1-21(12-18(24)20-13-5-7-14(28-4)8-6-13)29(26,27)15-9-10-16-17(11-15)23(3)19(25)22(16)2/h5-11H,12H2,1-4H3,(H,20,24). The number of imidazole rings is 1. The van der Waals surface area contributed by atoms with E-state index in [2.05, 4.69) is 5.32 Å². The summed E-state index contributed by atoms with van der Waals surface area (Å²) in [6, 6.07) is 11.1. The first-order valence-corrected chi connectivity index (χ1v) is 10.1. The molecule has 3 rings (SSSR count). The van der Waals surface area contributed by atoms with Gasteiger partial charge in [0.1, 0.15) is 5.75 Å². The number of hydrogen-bond acceptors (Lipinski definition) is 5. The molecule has 0 saturated carbocycles. The van der Waals surface area contributed by atoms with Gasteiger partial charge in [-0.3, -0.25) is 13.9 Å². The maximum absolute atomic E-state index is 12.9. The molecule has 0 aliphatic carbocycles. The number of aromatic nitrogens is 2. The van der Waals surface area contributed by atoms with Crippen molar-refractivity contribution in [2.24, 2.45) is 14.1 Å². The average molecular weight is 418 g/mol. The Morgan fingerprint density at radius 3 is 2.31 bits per heavy atom. The minimum absolute atomic E-state index is 0.00551. The van der Waals surface area contributed by atoms with E-state index in [-0.39, 0.29) is 17.1 Å². The molecule has 2 aromatic carbocycles. The summed E-state index contributed by atoms with van der Waals surface area (Å²) >= 11 is 0. The number of methoxy groups -OCH3 is 1. The first kappa shape index (κ1) is 20.6. The van der Waals surface area contributed by atoms with E-state index in [1.807, 2.05) is 0 Å². The maximum atomic E-state index is 12.9. The number of rotatable bonds is 6. The van der Waals surface area contributed by atoms with Gasteiger partial charge in [0.25, 0.3) is 0 Å². The zero-order valence-corrected chi connectivity index (χ0v) is 17.4. The molecule has 0 unspecified atom stereocenters. The summed E-state index contributed by atoms with van der Waals surface area (Å²) in [6.07, 6.45) is 0. The lowest BCUT2D eigenvalue weighted by Crippen LogP contribution is -2.35. The summed E-state index contributed by atoms with van der Waals surface area (Å²) < 4.78 is 34.6. The Morgan fingerprint density at radius 1 is 1.07 bits per heavy atom.